The molecule has 0 aliphatic carbocycles. The number of nitrogens with zero attached hydrogens (tertiary/aromatic N) is 1. The molecule has 0 unspecified atom stereocenters. The van der Waals surface area contributed by atoms with Gasteiger partial charge in [-0.1, -0.05) is 11.8 Å². The summed E-state index contributed by atoms with van der Waals surface area (Å²) >= 11 is 0.917. The van der Waals surface area contributed by atoms with Crippen molar-refractivity contribution in [3.8, 4) is 0 Å². The zero-order valence-electron chi connectivity index (χ0n) is 8.43. The van der Waals surface area contributed by atoms with Gasteiger partial charge in [0.1, 0.15) is 6.04 Å². The SMILES string of the molecule is CC(=O)SCC(=O)N1CCC[C@H]1C(=O)O. The molecule has 0 bridgehead atoms. The molecule has 0 radical (unpaired) electrons. The van der Waals surface area contributed by atoms with E-state index in [-0.39, 0.29) is 16.8 Å². The van der Waals surface area contributed by atoms with Crippen LogP contribution in [0.4, 0.5) is 0 Å². The minimum atomic E-state index is -0.964. The molecule has 1 aliphatic heterocycles. The molecule has 1 heterocycles. The summed E-state index contributed by atoms with van der Waals surface area (Å²) in [6.07, 6.45) is 1.22. The van der Waals surface area contributed by atoms with Crippen LogP contribution >= 0.6 is 11.8 Å². The molecule has 0 aromatic rings. The minimum Gasteiger partial charge on any atom is -0.480 e. The summed E-state index contributed by atoms with van der Waals surface area (Å²) in [6, 6.07) is -0.704. The molecule has 6 heteroatoms. The van der Waals surface area contributed by atoms with Gasteiger partial charge in [0.05, 0.1) is 5.75 Å². The van der Waals surface area contributed by atoms with Gasteiger partial charge in [0.25, 0.3) is 0 Å². The van der Waals surface area contributed by atoms with Gasteiger partial charge in [-0.2, -0.15) is 0 Å². The van der Waals surface area contributed by atoms with Gasteiger partial charge >= 0.3 is 5.97 Å². The number of thioether (sulfide) groups is 1. The van der Waals surface area contributed by atoms with E-state index >= 15 is 0 Å². The average molecular weight is 231 g/mol. The lowest BCUT2D eigenvalue weighted by Crippen LogP contribution is -2.41. The second kappa shape index (κ2) is 5.16. The van der Waals surface area contributed by atoms with Gasteiger partial charge in [-0.15, -0.1) is 0 Å². The van der Waals surface area contributed by atoms with Crippen molar-refractivity contribution in [2.75, 3.05) is 12.3 Å². The highest BCUT2D eigenvalue weighted by atomic mass is 32.2. The number of carbonyl (C=O) groups is 3. The fourth-order valence-corrected chi connectivity index (χ4v) is 2.06. The lowest BCUT2D eigenvalue weighted by molar-refractivity contribution is -0.147. The molecule has 1 aliphatic rings. The van der Waals surface area contributed by atoms with E-state index in [4.69, 9.17) is 5.11 Å². The summed E-state index contributed by atoms with van der Waals surface area (Å²) in [6.45, 7) is 1.87. The molecular weight excluding hydrogens is 218 g/mol. The molecule has 0 aromatic heterocycles. The topological polar surface area (TPSA) is 74.7 Å². The minimum absolute atomic E-state index is 0.0408. The van der Waals surface area contributed by atoms with E-state index in [1.165, 1.54) is 11.8 Å². The van der Waals surface area contributed by atoms with Gasteiger partial charge in [0, 0.05) is 13.5 Å². The third-order valence-electron chi connectivity index (χ3n) is 2.26. The van der Waals surface area contributed by atoms with Crippen LogP contribution in [0.5, 0.6) is 0 Å². The Morgan fingerprint density at radius 1 is 1.47 bits per heavy atom. The highest BCUT2D eigenvalue weighted by Crippen LogP contribution is 2.18. The van der Waals surface area contributed by atoms with Gasteiger partial charge in [-0.05, 0) is 12.8 Å². The largest absolute Gasteiger partial charge is 0.480 e. The molecule has 0 saturated carbocycles. The molecule has 0 spiro atoms. The number of carboxylic acids is 1. The first-order valence-electron chi connectivity index (χ1n) is 4.68. The summed E-state index contributed by atoms with van der Waals surface area (Å²) in [4.78, 5) is 34.3. The van der Waals surface area contributed by atoms with E-state index in [2.05, 4.69) is 0 Å². The zero-order valence-corrected chi connectivity index (χ0v) is 9.25. The lowest BCUT2D eigenvalue weighted by atomic mass is 10.2. The smallest absolute Gasteiger partial charge is 0.326 e. The molecule has 1 amide bonds. The number of carboxylic acid groups (broad SMARTS) is 1. The molecule has 1 N–H and O–H groups in total. The fourth-order valence-electron chi connectivity index (χ4n) is 1.57. The van der Waals surface area contributed by atoms with Crippen molar-refractivity contribution in [3.63, 3.8) is 0 Å². The van der Waals surface area contributed by atoms with Crippen LogP contribution in [0.15, 0.2) is 0 Å². The Kier molecular flexibility index (Phi) is 4.14. The molecule has 0 aromatic carbocycles. The first-order valence-corrected chi connectivity index (χ1v) is 5.66. The number of carbonyl (C=O) groups excluding carboxylic acids is 2. The number of amides is 1. The van der Waals surface area contributed by atoms with Crippen LogP contribution < -0.4 is 0 Å². The standard InChI is InChI=1S/C9H13NO4S/c1-6(11)15-5-8(12)10-4-2-3-7(10)9(13)14/h7H,2-5H2,1H3,(H,13,14)/t7-/m0/s1. The van der Waals surface area contributed by atoms with Crippen LogP contribution in [0.3, 0.4) is 0 Å². The third kappa shape index (κ3) is 3.23. The molecule has 1 atom stereocenters. The summed E-state index contributed by atoms with van der Waals surface area (Å²) in [5.74, 6) is -1.19. The Bertz CT molecular complexity index is 292. The number of hydrogen-bond donors (Lipinski definition) is 1. The Labute approximate surface area is 91.8 Å². The predicted molar refractivity (Wildman–Crippen MR) is 55.5 cm³/mol. The molecule has 1 fully saturated rings. The van der Waals surface area contributed by atoms with Crippen LogP contribution in [0.2, 0.25) is 0 Å². The van der Waals surface area contributed by atoms with Gasteiger partial charge < -0.3 is 10.0 Å². The summed E-state index contributed by atoms with van der Waals surface area (Å²) < 4.78 is 0. The molecule has 1 rings (SSSR count). The number of aliphatic carboxylic acids is 1. The molecule has 5 nitrogen and oxygen atoms in total. The number of likely N-dealkylation sites (tertiary alicyclic amines) is 1. The Morgan fingerprint density at radius 2 is 2.13 bits per heavy atom. The Balaban J connectivity index is 2.51. The van der Waals surface area contributed by atoms with Crippen molar-refractivity contribution < 1.29 is 19.5 Å². The van der Waals surface area contributed by atoms with Crippen LogP contribution in [-0.2, 0) is 14.4 Å². The Hall–Kier alpha value is -1.04. The maximum absolute atomic E-state index is 11.6. The van der Waals surface area contributed by atoms with E-state index in [1.54, 1.807) is 0 Å². The van der Waals surface area contributed by atoms with E-state index in [0.29, 0.717) is 19.4 Å². The van der Waals surface area contributed by atoms with Gasteiger partial charge in [0.2, 0.25) is 5.91 Å². The van der Waals surface area contributed by atoms with E-state index < -0.39 is 12.0 Å². The third-order valence-corrected chi connectivity index (χ3v) is 3.05. The fraction of sp³-hybridized carbons (Fsp3) is 0.667. The van der Waals surface area contributed by atoms with E-state index in [9.17, 15) is 14.4 Å². The number of rotatable bonds is 3. The molecule has 15 heavy (non-hydrogen) atoms. The lowest BCUT2D eigenvalue weighted by Gasteiger charge is -2.20. The second-order valence-corrected chi connectivity index (χ2v) is 4.52. The predicted octanol–water partition coefficient (Wildman–Crippen LogP) is 0.342. The zero-order chi connectivity index (χ0) is 11.4. The van der Waals surface area contributed by atoms with Crippen LogP contribution in [-0.4, -0.2) is 45.3 Å². The van der Waals surface area contributed by atoms with Gasteiger partial charge in [-0.3, -0.25) is 9.59 Å². The number of hydrogen-bond acceptors (Lipinski definition) is 4. The maximum atomic E-state index is 11.6. The monoisotopic (exact) mass is 231 g/mol. The highest BCUT2D eigenvalue weighted by Gasteiger charge is 2.33. The van der Waals surface area contributed by atoms with Crippen LogP contribution in [0.1, 0.15) is 19.8 Å². The van der Waals surface area contributed by atoms with Crippen LogP contribution in [0, 0.1) is 0 Å². The normalized spacial score (nSPS) is 20.3. The van der Waals surface area contributed by atoms with E-state index in [1.807, 2.05) is 0 Å². The summed E-state index contributed by atoms with van der Waals surface area (Å²) in [7, 11) is 0. The van der Waals surface area contributed by atoms with Crippen molar-refractivity contribution in [3.05, 3.63) is 0 Å². The Morgan fingerprint density at radius 3 is 2.67 bits per heavy atom. The van der Waals surface area contributed by atoms with Crippen molar-refractivity contribution in [2.24, 2.45) is 0 Å². The van der Waals surface area contributed by atoms with Crippen LogP contribution in [0.25, 0.3) is 0 Å². The first-order chi connectivity index (χ1) is 7.02. The average Bonchev–Trinajstić information content (AvgIpc) is 2.62. The van der Waals surface area contributed by atoms with Gasteiger partial charge in [0.15, 0.2) is 5.12 Å². The highest BCUT2D eigenvalue weighted by molar-refractivity contribution is 8.14. The summed E-state index contributed by atoms with van der Waals surface area (Å²) in [5.41, 5.74) is 0. The maximum Gasteiger partial charge on any atom is 0.326 e. The van der Waals surface area contributed by atoms with E-state index in [0.717, 1.165) is 11.8 Å². The van der Waals surface area contributed by atoms with Crippen molar-refractivity contribution in [1.29, 1.82) is 0 Å². The second-order valence-electron chi connectivity index (χ2n) is 3.36. The molecular formula is C9H13NO4S. The summed E-state index contributed by atoms with van der Waals surface area (Å²) in [5, 5.41) is 8.71. The molecule has 84 valence electrons. The first kappa shape index (κ1) is 12.0. The van der Waals surface area contributed by atoms with Crippen molar-refractivity contribution in [2.45, 2.75) is 25.8 Å². The molecule has 1 saturated heterocycles. The van der Waals surface area contributed by atoms with Crippen molar-refractivity contribution >= 4 is 28.8 Å². The quantitative estimate of drug-likeness (QED) is 0.758. The van der Waals surface area contributed by atoms with Gasteiger partial charge in [-0.25, -0.2) is 4.79 Å². The van der Waals surface area contributed by atoms with Crippen molar-refractivity contribution in [1.82, 2.24) is 4.90 Å².